The number of methoxy groups -OCH3 is 1. The summed E-state index contributed by atoms with van der Waals surface area (Å²) in [5.41, 5.74) is 7.29. The van der Waals surface area contributed by atoms with Crippen molar-refractivity contribution in [3.8, 4) is 5.75 Å². The van der Waals surface area contributed by atoms with Gasteiger partial charge >= 0.3 is 0 Å². The molecule has 0 heterocycles. The highest BCUT2D eigenvalue weighted by Crippen LogP contribution is 2.25. The fraction of sp³-hybridized carbons (Fsp3) is 0.571. The summed E-state index contributed by atoms with van der Waals surface area (Å²) < 4.78 is 5.32. The van der Waals surface area contributed by atoms with Crippen molar-refractivity contribution in [1.82, 2.24) is 0 Å². The molecule has 3 heteroatoms. The Morgan fingerprint density at radius 3 is 2.65 bits per heavy atom. The van der Waals surface area contributed by atoms with Gasteiger partial charge in [0.2, 0.25) is 0 Å². The second kappa shape index (κ2) is 7.62. The van der Waals surface area contributed by atoms with E-state index in [-0.39, 0.29) is 6.04 Å². The van der Waals surface area contributed by atoms with Gasteiger partial charge in [-0.2, -0.15) is 11.8 Å². The van der Waals surface area contributed by atoms with E-state index in [1.54, 1.807) is 7.11 Å². The van der Waals surface area contributed by atoms with Crippen LogP contribution in [0.5, 0.6) is 5.75 Å². The van der Waals surface area contributed by atoms with Gasteiger partial charge in [0.15, 0.2) is 0 Å². The fourth-order valence-electron chi connectivity index (χ4n) is 1.59. The van der Waals surface area contributed by atoms with Crippen molar-refractivity contribution < 1.29 is 4.74 Å². The van der Waals surface area contributed by atoms with Crippen LogP contribution in [-0.2, 0) is 0 Å². The van der Waals surface area contributed by atoms with Crippen molar-refractivity contribution in [1.29, 1.82) is 0 Å². The molecule has 0 amide bonds. The molecule has 2 nitrogen and oxygen atoms in total. The van der Waals surface area contributed by atoms with E-state index in [0.717, 1.165) is 23.0 Å². The van der Waals surface area contributed by atoms with Crippen LogP contribution >= 0.6 is 11.8 Å². The maximum Gasteiger partial charge on any atom is 0.123 e. The van der Waals surface area contributed by atoms with E-state index in [4.69, 9.17) is 10.5 Å². The molecule has 1 aromatic carbocycles. The van der Waals surface area contributed by atoms with Crippen molar-refractivity contribution in [2.24, 2.45) is 11.7 Å². The van der Waals surface area contributed by atoms with Crippen LogP contribution in [0.2, 0.25) is 0 Å². The molecule has 0 radical (unpaired) electrons. The minimum atomic E-state index is 0.0586. The first-order valence-electron chi connectivity index (χ1n) is 6.11. The van der Waals surface area contributed by atoms with Gasteiger partial charge in [0.05, 0.1) is 7.11 Å². The fourth-order valence-corrected chi connectivity index (χ4v) is 2.83. The molecule has 96 valence electrons. The van der Waals surface area contributed by atoms with Crippen LogP contribution in [0.25, 0.3) is 0 Å². The second-order valence-electron chi connectivity index (χ2n) is 4.61. The van der Waals surface area contributed by atoms with Gasteiger partial charge in [-0.3, -0.25) is 0 Å². The van der Waals surface area contributed by atoms with Crippen LogP contribution in [0, 0.1) is 5.92 Å². The Labute approximate surface area is 109 Å². The number of thioether (sulfide) groups is 1. The third kappa shape index (κ3) is 5.00. The average molecular weight is 253 g/mol. The minimum absolute atomic E-state index is 0.0586. The molecule has 0 spiro atoms. The zero-order valence-electron chi connectivity index (χ0n) is 11.0. The maximum atomic E-state index is 6.19. The summed E-state index contributed by atoms with van der Waals surface area (Å²) in [6.07, 6.45) is 1.25. The van der Waals surface area contributed by atoms with Crippen molar-refractivity contribution >= 4 is 11.8 Å². The van der Waals surface area contributed by atoms with Crippen LogP contribution in [0.4, 0.5) is 0 Å². The number of rotatable bonds is 7. The molecule has 0 saturated carbocycles. The van der Waals surface area contributed by atoms with Crippen molar-refractivity contribution in [2.75, 3.05) is 18.6 Å². The second-order valence-corrected chi connectivity index (χ2v) is 5.76. The third-order valence-corrected chi connectivity index (χ3v) is 3.79. The summed E-state index contributed by atoms with van der Waals surface area (Å²) in [7, 11) is 1.69. The lowest BCUT2D eigenvalue weighted by Crippen LogP contribution is -2.14. The van der Waals surface area contributed by atoms with Gasteiger partial charge in [-0.05, 0) is 24.2 Å². The molecule has 1 aromatic rings. The molecule has 0 aliphatic heterocycles. The number of benzene rings is 1. The zero-order valence-corrected chi connectivity index (χ0v) is 11.8. The monoisotopic (exact) mass is 253 g/mol. The van der Waals surface area contributed by atoms with Crippen LogP contribution in [-0.4, -0.2) is 18.6 Å². The molecule has 0 saturated heterocycles. The molecular weight excluding hydrogens is 230 g/mol. The van der Waals surface area contributed by atoms with E-state index in [2.05, 4.69) is 13.8 Å². The summed E-state index contributed by atoms with van der Waals surface area (Å²) in [6, 6.07) is 8.06. The minimum Gasteiger partial charge on any atom is -0.496 e. The van der Waals surface area contributed by atoms with Crippen LogP contribution in [0.1, 0.15) is 31.9 Å². The SMILES string of the molecule is COc1ccccc1C(N)CSCCC(C)C. The lowest BCUT2D eigenvalue weighted by Gasteiger charge is -2.15. The molecule has 1 atom stereocenters. The molecular formula is C14H23NOS. The topological polar surface area (TPSA) is 35.2 Å². The summed E-state index contributed by atoms with van der Waals surface area (Å²) in [5.74, 6) is 3.79. The number of ether oxygens (including phenoxy) is 1. The van der Waals surface area contributed by atoms with Crippen LogP contribution in [0.3, 0.4) is 0 Å². The van der Waals surface area contributed by atoms with Gasteiger partial charge < -0.3 is 10.5 Å². The Morgan fingerprint density at radius 2 is 2.00 bits per heavy atom. The van der Waals surface area contributed by atoms with Gasteiger partial charge in [-0.25, -0.2) is 0 Å². The Hall–Kier alpha value is -0.670. The van der Waals surface area contributed by atoms with E-state index < -0.39 is 0 Å². The molecule has 0 aromatic heterocycles. The highest BCUT2D eigenvalue weighted by molar-refractivity contribution is 7.99. The largest absolute Gasteiger partial charge is 0.496 e. The Morgan fingerprint density at radius 1 is 1.29 bits per heavy atom. The molecule has 0 bridgehead atoms. The quantitative estimate of drug-likeness (QED) is 0.756. The van der Waals surface area contributed by atoms with Crippen LogP contribution in [0.15, 0.2) is 24.3 Å². The van der Waals surface area contributed by atoms with Crippen molar-refractivity contribution in [3.05, 3.63) is 29.8 Å². The number of hydrogen-bond acceptors (Lipinski definition) is 3. The zero-order chi connectivity index (χ0) is 12.7. The first-order valence-corrected chi connectivity index (χ1v) is 7.26. The Bertz CT molecular complexity index is 328. The summed E-state index contributed by atoms with van der Waals surface area (Å²) in [4.78, 5) is 0. The highest BCUT2D eigenvalue weighted by Gasteiger charge is 2.11. The number of nitrogens with two attached hydrogens (primary N) is 1. The van der Waals surface area contributed by atoms with E-state index >= 15 is 0 Å². The molecule has 0 fully saturated rings. The maximum absolute atomic E-state index is 6.19. The standard InChI is InChI=1S/C14H23NOS/c1-11(2)8-9-17-10-13(15)12-6-4-5-7-14(12)16-3/h4-7,11,13H,8-10,15H2,1-3H3. The molecule has 1 unspecified atom stereocenters. The highest BCUT2D eigenvalue weighted by atomic mass is 32.2. The van der Waals surface area contributed by atoms with Crippen molar-refractivity contribution in [3.63, 3.8) is 0 Å². The van der Waals surface area contributed by atoms with Gasteiger partial charge in [0.1, 0.15) is 5.75 Å². The van der Waals surface area contributed by atoms with Gasteiger partial charge in [-0.1, -0.05) is 32.0 Å². The van der Waals surface area contributed by atoms with E-state index in [1.165, 1.54) is 12.2 Å². The third-order valence-electron chi connectivity index (χ3n) is 2.68. The normalized spacial score (nSPS) is 12.8. The summed E-state index contributed by atoms with van der Waals surface area (Å²) in [5, 5.41) is 0. The number of para-hydroxylation sites is 1. The molecule has 1 rings (SSSR count). The lowest BCUT2D eigenvalue weighted by molar-refractivity contribution is 0.407. The predicted octanol–water partition coefficient (Wildman–Crippen LogP) is 3.47. The van der Waals surface area contributed by atoms with Crippen LogP contribution < -0.4 is 10.5 Å². The molecule has 17 heavy (non-hydrogen) atoms. The summed E-state index contributed by atoms with van der Waals surface area (Å²) in [6.45, 7) is 4.50. The predicted molar refractivity (Wildman–Crippen MR) is 76.7 cm³/mol. The van der Waals surface area contributed by atoms with Gasteiger partial charge in [0.25, 0.3) is 0 Å². The lowest BCUT2D eigenvalue weighted by atomic mass is 10.1. The number of hydrogen-bond donors (Lipinski definition) is 1. The average Bonchev–Trinajstić information content (AvgIpc) is 2.34. The van der Waals surface area contributed by atoms with E-state index in [9.17, 15) is 0 Å². The molecule has 2 N–H and O–H groups in total. The van der Waals surface area contributed by atoms with Gasteiger partial charge in [0, 0.05) is 17.4 Å². The van der Waals surface area contributed by atoms with E-state index in [1.807, 2.05) is 36.0 Å². The molecule has 0 aliphatic carbocycles. The first-order chi connectivity index (χ1) is 8.15. The van der Waals surface area contributed by atoms with Crippen molar-refractivity contribution in [2.45, 2.75) is 26.3 Å². The van der Waals surface area contributed by atoms with E-state index in [0.29, 0.717) is 0 Å². The Kier molecular flexibility index (Phi) is 6.45. The van der Waals surface area contributed by atoms with Gasteiger partial charge in [-0.15, -0.1) is 0 Å². The smallest absolute Gasteiger partial charge is 0.123 e. The molecule has 0 aliphatic rings. The summed E-state index contributed by atoms with van der Waals surface area (Å²) >= 11 is 1.92. The Balaban J connectivity index is 2.43. The first kappa shape index (κ1) is 14.4.